The zero-order chi connectivity index (χ0) is 29.9. The van der Waals surface area contributed by atoms with Gasteiger partial charge in [-0.25, -0.2) is 4.39 Å². The van der Waals surface area contributed by atoms with E-state index < -0.39 is 23.2 Å². The lowest BCUT2D eigenvalue weighted by atomic mass is 9.90. The molecule has 2 aliphatic heterocycles. The summed E-state index contributed by atoms with van der Waals surface area (Å²) in [5.74, 6) is -1.50. The first-order valence-electron chi connectivity index (χ1n) is 13.8. The van der Waals surface area contributed by atoms with Crippen molar-refractivity contribution in [3.63, 3.8) is 0 Å². The van der Waals surface area contributed by atoms with Gasteiger partial charge < -0.3 is 20.7 Å². The number of hydrogen-bond donors (Lipinski definition) is 2. The number of hydrogen-bond acceptors (Lipinski definition) is 5. The van der Waals surface area contributed by atoms with Crippen LogP contribution in [0.5, 0.6) is 5.75 Å². The van der Waals surface area contributed by atoms with Gasteiger partial charge in [0.05, 0.1) is 40.0 Å². The van der Waals surface area contributed by atoms with Gasteiger partial charge in [0, 0.05) is 54.7 Å². The lowest BCUT2D eigenvalue weighted by molar-refractivity contribution is -0.120. The molecule has 1 aromatic heterocycles. The van der Waals surface area contributed by atoms with Crippen molar-refractivity contribution < 1.29 is 23.5 Å². The number of ether oxygens (including phenoxy) is 1. The van der Waals surface area contributed by atoms with Crippen LogP contribution in [0, 0.1) is 11.7 Å². The molecule has 1 saturated heterocycles. The number of benzene rings is 2. The molecule has 2 fully saturated rings. The summed E-state index contributed by atoms with van der Waals surface area (Å²) in [6.07, 6.45) is 2.19. The summed E-state index contributed by atoms with van der Waals surface area (Å²) >= 11 is 13.1. The smallest absolute Gasteiger partial charge is 0.256 e. The van der Waals surface area contributed by atoms with E-state index in [0.717, 1.165) is 34.5 Å². The Bertz CT molecular complexity index is 1640. The van der Waals surface area contributed by atoms with E-state index in [1.165, 1.54) is 0 Å². The monoisotopic (exact) mass is 613 g/mol. The molecule has 3 N–H and O–H groups in total. The molecule has 0 radical (unpaired) electrons. The maximum Gasteiger partial charge on any atom is 0.256 e. The molecule has 42 heavy (non-hydrogen) atoms. The highest BCUT2D eigenvalue weighted by atomic mass is 35.5. The van der Waals surface area contributed by atoms with Gasteiger partial charge in [0.1, 0.15) is 11.6 Å². The normalized spacial score (nSPS) is 20.7. The molecule has 3 amide bonds. The molecule has 3 aliphatic rings. The van der Waals surface area contributed by atoms with E-state index in [4.69, 9.17) is 38.8 Å². The molecule has 3 heterocycles. The second-order valence-corrected chi connectivity index (χ2v) is 12.2. The number of nitrogens with one attached hydrogen (secondary N) is 1. The zero-order valence-corrected chi connectivity index (χ0v) is 24.7. The Morgan fingerprint density at radius 1 is 1.21 bits per heavy atom. The summed E-state index contributed by atoms with van der Waals surface area (Å²) in [5.41, 5.74) is 9.19. The Morgan fingerprint density at radius 3 is 2.64 bits per heavy atom. The van der Waals surface area contributed by atoms with Gasteiger partial charge in [-0.1, -0.05) is 23.2 Å². The van der Waals surface area contributed by atoms with Gasteiger partial charge in [0.25, 0.3) is 5.91 Å². The van der Waals surface area contributed by atoms with Crippen LogP contribution < -0.4 is 15.8 Å². The SMILES string of the molecule is CC1c2nn(C)c(-c3cc(Cl)cc(C4(C(N)=O)CC4)c3)c2CCN1C(=O)c1cc(F)cc(OCC2CNC(=O)C2)c1Cl. The van der Waals surface area contributed by atoms with Gasteiger partial charge in [0.2, 0.25) is 11.8 Å². The zero-order valence-electron chi connectivity index (χ0n) is 23.2. The van der Waals surface area contributed by atoms with Crippen LogP contribution >= 0.6 is 23.2 Å². The number of aryl methyl sites for hydroxylation is 1. The largest absolute Gasteiger partial charge is 0.492 e. The van der Waals surface area contributed by atoms with Gasteiger partial charge in [-0.3, -0.25) is 19.1 Å². The van der Waals surface area contributed by atoms with E-state index in [0.29, 0.717) is 49.5 Å². The number of aromatic nitrogens is 2. The maximum absolute atomic E-state index is 14.7. The Morgan fingerprint density at radius 2 is 1.98 bits per heavy atom. The van der Waals surface area contributed by atoms with Crippen molar-refractivity contribution >= 4 is 40.9 Å². The molecule has 0 spiro atoms. The van der Waals surface area contributed by atoms with Crippen molar-refractivity contribution in [3.05, 3.63) is 68.6 Å². The van der Waals surface area contributed by atoms with Crippen molar-refractivity contribution in [2.24, 2.45) is 18.7 Å². The summed E-state index contributed by atoms with van der Waals surface area (Å²) in [7, 11) is 1.83. The molecule has 12 heteroatoms. The van der Waals surface area contributed by atoms with Crippen LogP contribution in [0.3, 0.4) is 0 Å². The summed E-state index contributed by atoms with van der Waals surface area (Å²) in [6, 6.07) is 7.42. The molecular formula is C30H30Cl2FN5O4. The lowest BCUT2D eigenvalue weighted by Gasteiger charge is -2.33. The molecule has 2 atom stereocenters. The first kappa shape index (κ1) is 28.5. The van der Waals surface area contributed by atoms with Gasteiger partial charge in [0.15, 0.2) is 0 Å². The van der Waals surface area contributed by atoms with Crippen molar-refractivity contribution in [1.29, 1.82) is 0 Å². The van der Waals surface area contributed by atoms with E-state index >= 15 is 0 Å². The number of nitrogens with zero attached hydrogens (tertiary/aromatic N) is 3. The van der Waals surface area contributed by atoms with Crippen molar-refractivity contribution in [1.82, 2.24) is 20.0 Å². The minimum absolute atomic E-state index is 0.000546. The average Bonchev–Trinajstić information content (AvgIpc) is 3.55. The predicted molar refractivity (Wildman–Crippen MR) is 155 cm³/mol. The first-order chi connectivity index (χ1) is 20.0. The van der Waals surface area contributed by atoms with E-state index in [2.05, 4.69) is 5.32 Å². The summed E-state index contributed by atoms with van der Waals surface area (Å²) in [4.78, 5) is 39.1. The molecule has 3 aromatic rings. The molecule has 220 valence electrons. The number of carbonyl (C=O) groups is 3. The van der Waals surface area contributed by atoms with Gasteiger partial charge in [-0.05, 0) is 56.0 Å². The number of amides is 3. The minimum Gasteiger partial charge on any atom is -0.492 e. The lowest BCUT2D eigenvalue weighted by Crippen LogP contribution is -2.39. The van der Waals surface area contributed by atoms with E-state index in [1.54, 1.807) is 15.6 Å². The van der Waals surface area contributed by atoms with Crippen LogP contribution in [0.15, 0.2) is 30.3 Å². The van der Waals surface area contributed by atoms with Crippen molar-refractivity contribution in [3.8, 4) is 17.0 Å². The molecule has 9 nitrogen and oxygen atoms in total. The highest BCUT2D eigenvalue weighted by Crippen LogP contribution is 2.50. The number of fused-ring (bicyclic) bond motifs is 1. The van der Waals surface area contributed by atoms with Crippen LogP contribution in [0.25, 0.3) is 11.3 Å². The van der Waals surface area contributed by atoms with E-state index in [9.17, 15) is 18.8 Å². The minimum atomic E-state index is -0.687. The van der Waals surface area contributed by atoms with Gasteiger partial charge in [-0.2, -0.15) is 5.10 Å². The summed E-state index contributed by atoms with van der Waals surface area (Å²) in [5, 5.41) is 8.02. The second kappa shape index (κ2) is 10.6. The predicted octanol–water partition coefficient (Wildman–Crippen LogP) is 4.32. The van der Waals surface area contributed by atoms with Crippen LogP contribution in [0.2, 0.25) is 10.0 Å². The standard InChI is InChI=1S/C30H30Cl2FN5O4/c1-15-26-21(27(37(2)36-26)17-8-18(10-19(31)9-17)30(4-5-30)29(34)41)3-6-38(15)28(40)22-11-20(33)12-23(25(22)32)42-14-16-7-24(39)35-13-16/h8-12,15-16H,3-7,13-14H2,1-2H3,(H2,34,41)(H,35,39). The quantitative estimate of drug-likeness (QED) is 0.411. The van der Waals surface area contributed by atoms with Gasteiger partial charge >= 0.3 is 0 Å². The van der Waals surface area contributed by atoms with Crippen molar-refractivity contribution in [2.75, 3.05) is 19.7 Å². The Balaban J connectivity index is 1.27. The number of nitrogens with two attached hydrogens (primary N) is 1. The van der Waals surface area contributed by atoms with E-state index in [-0.39, 0.29) is 40.7 Å². The van der Waals surface area contributed by atoms with Gasteiger partial charge in [-0.15, -0.1) is 0 Å². The van der Waals surface area contributed by atoms with Crippen LogP contribution in [-0.2, 0) is 28.5 Å². The third-order valence-electron chi connectivity index (χ3n) is 8.62. The molecule has 0 bridgehead atoms. The highest BCUT2D eigenvalue weighted by Gasteiger charge is 2.50. The first-order valence-corrected chi connectivity index (χ1v) is 14.6. The van der Waals surface area contributed by atoms with Crippen LogP contribution in [0.4, 0.5) is 4.39 Å². The topological polar surface area (TPSA) is 120 Å². The third kappa shape index (κ3) is 4.90. The van der Waals surface area contributed by atoms with E-state index in [1.807, 2.05) is 26.1 Å². The number of rotatable bonds is 7. The average molecular weight is 615 g/mol. The molecule has 1 aliphatic carbocycles. The fourth-order valence-corrected chi connectivity index (χ4v) is 6.64. The Kier molecular flexibility index (Phi) is 7.17. The molecule has 6 rings (SSSR count). The summed E-state index contributed by atoms with van der Waals surface area (Å²) < 4.78 is 22.2. The Hall–Kier alpha value is -3.63. The highest BCUT2D eigenvalue weighted by molar-refractivity contribution is 6.35. The number of halogens is 3. The summed E-state index contributed by atoms with van der Waals surface area (Å²) in [6.45, 7) is 2.86. The van der Waals surface area contributed by atoms with Crippen LogP contribution in [0.1, 0.15) is 59.4 Å². The number of primary amides is 1. The van der Waals surface area contributed by atoms with Crippen molar-refractivity contribution in [2.45, 2.75) is 44.1 Å². The Labute approximate surface area is 252 Å². The molecule has 2 unspecified atom stereocenters. The fraction of sp³-hybridized carbons (Fsp3) is 0.400. The van der Waals surface area contributed by atoms with Crippen LogP contribution in [-0.4, -0.2) is 52.1 Å². The molecule has 1 saturated carbocycles. The second-order valence-electron chi connectivity index (χ2n) is 11.4. The fourth-order valence-electron chi connectivity index (χ4n) is 6.16. The third-order valence-corrected chi connectivity index (χ3v) is 9.23. The molecular weight excluding hydrogens is 584 g/mol. The maximum atomic E-state index is 14.7. The number of carbonyl (C=O) groups excluding carboxylic acids is 3. The molecule has 2 aromatic carbocycles.